The predicted octanol–water partition coefficient (Wildman–Crippen LogP) is 1.30. The zero-order valence-corrected chi connectivity index (χ0v) is 14.8. The summed E-state index contributed by atoms with van der Waals surface area (Å²) in [6, 6.07) is 0. The molecule has 1 aromatic heterocycles. The molecule has 26 heavy (non-hydrogen) atoms. The van der Waals surface area contributed by atoms with Crippen molar-refractivity contribution >= 4 is 5.91 Å². The summed E-state index contributed by atoms with van der Waals surface area (Å²) in [5, 5.41) is 14.0. The van der Waals surface area contributed by atoms with Crippen molar-refractivity contribution in [3.63, 3.8) is 0 Å². The van der Waals surface area contributed by atoms with Gasteiger partial charge in [0.1, 0.15) is 5.69 Å². The van der Waals surface area contributed by atoms with Crippen molar-refractivity contribution in [2.45, 2.75) is 50.8 Å². The largest absolute Gasteiger partial charge is 0.420 e. The van der Waals surface area contributed by atoms with E-state index in [1.54, 1.807) is 0 Å². The number of hydrogen-bond donors (Lipinski definition) is 1. The van der Waals surface area contributed by atoms with Gasteiger partial charge in [-0.05, 0) is 13.8 Å². The Kier molecular flexibility index (Phi) is 4.78. The van der Waals surface area contributed by atoms with Crippen LogP contribution in [0.25, 0.3) is 0 Å². The van der Waals surface area contributed by atoms with E-state index in [9.17, 15) is 23.1 Å². The number of likely N-dealkylation sites (tertiary alicyclic amines) is 1. The van der Waals surface area contributed by atoms with Gasteiger partial charge in [-0.25, -0.2) is 0 Å². The second-order valence-corrected chi connectivity index (χ2v) is 6.91. The van der Waals surface area contributed by atoms with Crippen LogP contribution in [0.4, 0.5) is 13.2 Å². The number of carbonyl (C=O) groups is 1. The number of carbonyl (C=O) groups excluding carboxylic acids is 1. The summed E-state index contributed by atoms with van der Waals surface area (Å²) in [6.45, 7) is 2.73. The van der Waals surface area contributed by atoms with Crippen LogP contribution in [-0.2, 0) is 22.4 Å². The zero-order chi connectivity index (χ0) is 19.3. The third kappa shape index (κ3) is 3.10. The Balaban J connectivity index is 1.90. The quantitative estimate of drug-likeness (QED) is 0.856. The smallest absolute Gasteiger partial charge is 0.383 e. The van der Waals surface area contributed by atoms with Gasteiger partial charge < -0.3 is 19.5 Å². The molecular weight excluding hydrogens is 355 g/mol. The summed E-state index contributed by atoms with van der Waals surface area (Å²) in [5.74, 6) is -0.565. The van der Waals surface area contributed by atoms with Crippen LogP contribution in [0.1, 0.15) is 41.7 Å². The maximum absolute atomic E-state index is 12.9. The first-order chi connectivity index (χ1) is 12.1. The van der Waals surface area contributed by atoms with E-state index in [4.69, 9.17) is 9.47 Å². The summed E-state index contributed by atoms with van der Waals surface area (Å²) in [5.41, 5.74) is -1.28. The van der Waals surface area contributed by atoms with E-state index in [1.807, 2.05) is 13.8 Å². The molecule has 1 saturated heterocycles. The van der Waals surface area contributed by atoms with Crippen molar-refractivity contribution < 1.29 is 32.5 Å². The van der Waals surface area contributed by atoms with E-state index in [-0.39, 0.29) is 17.9 Å². The molecule has 1 aromatic rings. The van der Waals surface area contributed by atoms with E-state index in [0.717, 1.165) is 4.90 Å². The van der Waals surface area contributed by atoms with Gasteiger partial charge in [-0.1, -0.05) is 0 Å². The maximum atomic E-state index is 12.9. The number of aromatic nitrogens is 2. The molecule has 7 nitrogen and oxygen atoms in total. The molecule has 0 spiro atoms. The normalized spacial score (nSPS) is 25.0. The summed E-state index contributed by atoms with van der Waals surface area (Å²) in [4.78, 5) is 13.9. The number of aliphatic hydroxyl groups is 1. The number of hydrogen-bond acceptors (Lipinski definition) is 5. The Labute approximate surface area is 148 Å². The third-order valence-corrected chi connectivity index (χ3v) is 4.82. The molecular formula is C16H22F3N3O4. The first-order valence-electron chi connectivity index (χ1n) is 8.39. The van der Waals surface area contributed by atoms with Crippen LogP contribution >= 0.6 is 0 Å². The van der Waals surface area contributed by atoms with Crippen LogP contribution in [0.2, 0.25) is 0 Å². The molecule has 2 atom stereocenters. The monoisotopic (exact) mass is 377 g/mol. The van der Waals surface area contributed by atoms with Gasteiger partial charge in [0.25, 0.3) is 5.91 Å². The molecule has 1 amide bonds. The lowest BCUT2D eigenvalue weighted by molar-refractivity contribution is -0.294. The van der Waals surface area contributed by atoms with Crippen LogP contribution in [0, 0.1) is 0 Å². The fourth-order valence-corrected chi connectivity index (χ4v) is 3.43. The van der Waals surface area contributed by atoms with Gasteiger partial charge in [-0.15, -0.1) is 0 Å². The van der Waals surface area contributed by atoms with E-state index >= 15 is 0 Å². The highest BCUT2D eigenvalue weighted by Gasteiger charge is 2.62. The molecule has 1 fully saturated rings. The first kappa shape index (κ1) is 19.1. The van der Waals surface area contributed by atoms with Gasteiger partial charge in [-0.3, -0.25) is 9.48 Å². The van der Waals surface area contributed by atoms with Crippen LogP contribution in [-0.4, -0.2) is 70.4 Å². The topological polar surface area (TPSA) is 76.8 Å². The summed E-state index contributed by atoms with van der Waals surface area (Å²) >= 11 is 0. The molecule has 0 aromatic carbocycles. The molecule has 3 heterocycles. The van der Waals surface area contributed by atoms with Crippen molar-refractivity contribution in [2.24, 2.45) is 0 Å². The van der Waals surface area contributed by atoms with Gasteiger partial charge in [0, 0.05) is 19.1 Å². The van der Waals surface area contributed by atoms with Gasteiger partial charge in [0.2, 0.25) is 0 Å². The van der Waals surface area contributed by atoms with Crippen LogP contribution < -0.4 is 0 Å². The van der Waals surface area contributed by atoms with Crippen LogP contribution in [0.3, 0.4) is 0 Å². The minimum atomic E-state index is -4.77. The van der Waals surface area contributed by atoms with Gasteiger partial charge in [0.05, 0.1) is 44.1 Å². The Morgan fingerprint density at radius 3 is 2.65 bits per heavy atom. The molecule has 2 aliphatic rings. The summed E-state index contributed by atoms with van der Waals surface area (Å²) < 4.78 is 50.8. The lowest BCUT2D eigenvalue weighted by Crippen LogP contribution is -2.70. The average molecular weight is 377 g/mol. The predicted molar refractivity (Wildman–Crippen MR) is 83.7 cm³/mol. The number of fused-ring (bicyclic) bond motifs is 1. The van der Waals surface area contributed by atoms with E-state index < -0.39 is 30.8 Å². The molecule has 0 aliphatic carbocycles. The third-order valence-electron chi connectivity index (χ3n) is 4.82. The van der Waals surface area contributed by atoms with E-state index in [2.05, 4.69) is 5.10 Å². The highest BCUT2D eigenvalue weighted by Crippen LogP contribution is 2.39. The fourth-order valence-electron chi connectivity index (χ4n) is 3.43. The van der Waals surface area contributed by atoms with Crippen LogP contribution in [0.15, 0.2) is 0 Å². The number of nitrogens with zero attached hydrogens (tertiary/aromatic N) is 3. The summed E-state index contributed by atoms with van der Waals surface area (Å²) in [6.07, 6.45) is -4.76. The van der Waals surface area contributed by atoms with Crippen molar-refractivity contribution in [1.29, 1.82) is 0 Å². The van der Waals surface area contributed by atoms with Crippen molar-refractivity contribution in [2.75, 3.05) is 26.8 Å². The Morgan fingerprint density at radius 1 is 1.42 bits per heavy atom. The standard InChI is InChI=1S/C16H22F3N3O4/c1-9-6-11-12(10(2)26-9)20-22(4-5-25-3)13(11)14(23)21-7-15(24,8-21)16(17,18)19/h9-10,24H,4-8H2,1-3H3/t9-,10+/m0/s1. The highest BCUT2D eigenvalue weighted by atomic mass is 19.4. The van der Waals surface area contributed by atoms with E-state index in [1.165, 1.54) is 11.8 Å². The van der Waals surface area contributed by atoms with Gasteiger partial charge in [0.15, 0.2) is 5.60 Å². The van der Waals surface area contributed by atoms with E-state index in [0.29, 0.717) is 30.8 Å². The fraction of sp³-hybridized carbons (Fsp3) is 0.750. The van der Waals surface area contributed by atoms with Crippen molar-refractivity contribution in [3.05, 3.63) is 17.0 Å². The van der Waals surface area contributed by atoms with Gasteiger partial charge in [-0.2, -0.15) is 18.3 Å². The zero-order valence-electron chi connectivity index (χ0n) is 14.8. The number of methoxy groups -OCH3 is 1. The molecule has 0 bridgehead atoms. The number of β-amino-alcohol motifs (C(OH)–C–C–N with tert-alkyl or cyclic N) is 1. The minimum Gasteiger partial charge on any atom is -0.383 e. The minimum absolute atomic E-state index is 0.132. The molecule has 146 valence electrons. The molecule has 0 unspecified atom stereocenters. The molecule has 0 saturated carbocycles. The number of ether oxygens (including phenoxy) is 2. The number of halogens is 3. The lowest BCUT2D eigenvalue weighted by Gasteiger charge is -2.46. The SMILES string of the molecule is COCCn1nc2c(c1C(=O)N1CC(O)(C(F)(F)F)C1)C[C@H](C)O[C@@H]2C. The lowest BCUT2D eigenvalue weighted by atomic mass is 9.92. The van der Waals surface area contributed by atoms with Crippen LogP contribution in [0.5, 0.6) is 0 Å². The highest BCUT2D eigenvalue weighted by molar-refractivity contribution is 5.95. The Hall–Kier alpha value is -1.65. The molecule has 2 aliphatic heterocycles. The number of rotatable bonds is 4. The molecule has 1 N–H and O–H groups in total. The average Bonchev–Trinajstić information content (AvgIpc) is 2.86. The second-order valence-electron chi connectivity index (χ2n) is 6.91. The second kappa shape index (κ2) is 6.50. The number of alkyl halides is 3. The first-order valence-corrected chi connectivity index (χ1v) is 8.39. The molecule has 0 radical (unpaired) electrons. The number of amides is 1. The van der Waals surface area contributed by atoms with Gasteiger partial charge >= 0.3 is 6.18 Å². The maximum Gasteiger partial charge on any atom is 0.420 e. The molecule has 3 rings (SSSR count). The molecule has 10 heteroatoms. The van der Waals surface area contributed by atoms with Crippen molar-refractivity contribution in [1.82, 2.24) is 14.7 Å². The van der Waals surface area contributed by atoms with Crippen molar-refractivity contribution in [3.8, 4) is 0 Å². The summed E-state index contributed by atoms with van der Waals surface area (Å²) in [7, 11) is 1.51. The Bertz CT molecular complexity index is 698. The Morgan fingerprint density at radius 2 is 2.08 bits per heavy atom.